The maximum atomic E-state index is 13.4. The summed E-state index contributed by atoms with van der Waals surface area (Å²) in [5.41, 5.74) is 9.68. The first-order chi connectivity index (χ1) is 17.5. The van der Waals surface area contributed by atoms with Crippen LogP contribution >= 0.6 is 0 Å². The van der Waals surface area contributed by atoms with Crippen molar-refractivity contribution in [3.8, 4) is 11.3 Å². The number of hydrogen-bond donors (Lipinski definition) is 2. The number of carbonyl (C=O) groups excluding carboxylic acids is 2. The van der Waals surface area contributed by atoms with Gasteiger partial charge < -0.3 is 20.9 Å². The predicted molar refractivity (Wildman–Crippen MR) is 137 cm³/mol. The minimum atomic E-state index is -0.304. The second-order valence-electron chi connectivity index (χ2n) is 8.58. The lowest BCUT2D eigenvalue weighted by Gasteiger charge is -2.36. The molecule has 0 aliphatic carbocycles. The molecule has 0 radical (unpaired) electrons. The Morgan fingerprint density at radius 1 is 0.972 bits per heavy atom. The molecule has 36 heavy (non-hydrogen) atoms. The zero-order valence-corrected chi connectivity index (χ0v) is 19.5. The van der Waals surface area contributed by atoms with Gasteiger partial charge in [0, 0.05) is 48.8 Å². The highest BCUT2D eigenvalue weighted by molar-refractivity contribution is 5.97. The average molecular weight is 485 g/mol. The number of halogens is 1. The molecule has 1 saturated heterocycles. The first-order valence-corrected chi connectivity index (χ1v) is 11.7. The Labute approximate surface area is 207 Å². The number of carbonyl (C=O) groups is 2. The van der Waals surface area contributed by atoms with Crippen LogP contribution in [-0.2, 0) is 4.79 Å². The number of piperazine rings is 1. The van der Waals surface area contributed by atoms with E-state index in [4.69, 9.17) is 5.73 Å². The quantitative estimate of drug-likeness (QED) is 0.451. The summed E-state index contributed by atoms with van der Waals surface area (Å²) in [5, 5.41) is 3.58. The summed E-state index contributed by atoms with van der Waals surface area (Å²) in [6.45, 7) is 2.18. The van der Waals surface area contributed by atoms with Crippen LogP contribution in [0.15, 0.2) is 72.9 Å². The van der Waals surface area contributed by atoms with Crippen LogP contribution in [0.3, 0.4) is 0 Å². The molecule has 0 bridgehead atoms. The largest absolute Gasteiger partial charge is 0.384 e. The van der Waals surface area contributed by atoms with Gasteiger partial charge in [0.25, 0.3) is 5.91 Å². The van der Waals surface area contributed by atoms with Crippen LogP contribution in [0.5, 0.6) is 0 Å². The zero-order chi connectivity index (χ0) is 25.1. The lowest BCUT2D eigenvalue weighted by Crippen LogP contribution is -2.51. The molecule has 1 aliphatic heterocycles. The highest BCUT2D eigenvalue weighted by Crippen LogP contribution is 2.31. The lowest BCUT2D eigenvalue weighted by atomic mass is 10.1. The topological polar surface area (TPSA) is 104 Å². The van der Waals surface area contributed by atoms with Crippen LogP contribution in [0.2, 0.25) is 0 Å². The number of aromatic nitrogens is 2. The number of amides is 2. The van der Waals surface area contributed by atoms with Crippen molar-refractivity contribution in [3.05, 3.63) is 84.3 Å². The summed E-state index contributed by atoms with van der Waals surface area (Å²) < 4.78 is 13.4. The zero-order valence-electron chi connectivity index (χ0n) is 19.5. The molecular weight excluding hydrogens is 459 g/mol. The van der Waals surface area contributed by atoms with Crippen molar-refractivity contribution in [2.24, 2.45) is 0 Å². The Bertz CT molecular complexity index is 1400. The number of anilines is 2. The van der Waals surface area contributed by atoms with E-state index in [-0.39, 0.29) is 24.2 Å². The van der Waals surface area contributed by atoms with E-state index in [9.17, 15) is 14.0 Å². The number of nitrogens with zero attached hydrogens (tertiary/aromatic N) is 4. The van der Waals surface area contributed by atoms with E-state index >= 15 is 0 Å². The Kier molecular flexibility index (Phi) is 6.44. The van der Waals surface area contributed by atoms with Gasteiger partial charge in [-0.25, -0.2) is 9.37 Å². The van der Waals surface area contributed by atoms with E-state index < -0.39 is 0 Å². The van der Waals surface area contributed by atoms with Crippen molar-refractivity contribution in [1.29, 1.82) is 0 Å². The van der Waals surface area contributed by atoms with Gasteiger partial charge in [0.05, 0.1) is 29.6 Å². The number of nitrogens with one attached hydrogen (secondary N) is 1. The third kappa shape index (κ3) is 4.95. The Morgan fingerprint density at radius 2 is 1.69 bits per heavy atom. The molecule has 2 amide bonds. The summed E-state index contributed by atoms with van der Waals surface area (Å²) in [6, 6.07) is 18.8. The molecule has 4 aromatic rings. The van der Waals surface area contributed by atoms with E-state index in [1.807, 2.05) is 18.2 Å². The van der Waals surface area contributed by atoms with Crippen molar-refractivity contribution < 1.29 is 14.0 Å². The van der Waals surface area contributed by atoms with Gasteiger partial charge in [-0.05, 0) is 42.5 Å². The standard InChI is InChI=1S/C27H25FN6O2/c28-20-8-6-18(7-9-20)22-14-21-23(16-30-22)32-25(29)15-24(21)33-10-12-34(13-11-33)26(35)17-31-27(36)19-4-2-1-3-5-19/h1-9,14-16H,10-13,17H2,(H2,29,32)(H,31,36). The maximum absolute atomic E-state index is 13.4. The van der Waals surface area contributed by atoms with Crippen LogP contribution in [0, 0.1) is 5.82 Å². The molecule has 3 N–H and O–H groups in total. The van der Waals surface area contributed by atoms with E-state index in [1.165, 1.54) is 12.1 Å². The van der Waals surface area contributed by atoms with E-state index in [2.05, 4.69) is 20.2 Å². The van der Waals surface area contributed by atoms with Gasteiger partial charge in [0.15, 0.2) is 0 Å². The SMILES string of the molecule is Nc1cc(N2CCN(C(=O)CNC(=O)c3ccccc3)CC2)c2cc(-c3ccc(F)cc3)ncc2n1. The molecule has 1 fully saturated rings. The predicted octanol–water partition coefficient (Wildman–Crippen LogP) is 3.10. The van der Waals surface area contributed by atoms with Gasteiger partial charge in [-0.3, -0.25) is 14.6 Å². The van der Waals surface area contributed by atoms with Gasteiger partial charge in [-0.15, -0.1) is 0 Å². The smallest absolute Gasteiger partial charge is 0.251 e. The van der Waals surface area contributed by atoms with Crippen molar-refractivity contribution in [2.75, 3.05) is 43.4 Å². The van der Waals surface area contributed by atoms with Crippen LogP contribution in [0.1, 0.15) is 10.4 Å². The second kappa shape index (κ2) is 9.99. The molecule has 0 spiro atoms. The van der Waals surface area contributed by atoms with Gasteiger partial charge in [0.1, 0.15) is 11.6 Å². The number of benzene rings is 2. The number of fused-ring (bicyclic) bond motifs is 1. The van der Waals surface area contributed by atoms with Crippen LogP contribution < -0.4 is 16.0 Å². The first-order valence-electron chi connectivity index (χ1n) is 11.7. The average Bonchev–Trinajstić information content (AvgIpc) is 2.92. The molecule has 5 rings (SSSR count). The molecule has 0 unspecified atom stereocenters. The van der Waals surface area contributed by atoms with E-state index in [0.717, 1.165) is 16.6 Å². The monoisotopic (exact) mass is 484 g/mol. The summed E-state index contributed by atoms with van der Waals surface area (Å²) in [6.07, 6.45) is 1.67. The number of nitrogens with two attached hydrogens (primary N) is 1. The highest BCUT2D eigenvalue weighted by atomic mass is 19.1. The molecule has 3 heterocycles. The molecular formula is C27H25FN6O2. The molecule has 2 aromatic heterocycles. The molecule has 182 valence electrons. The number of nitrogen functional groups attached to an aromatic ring is 1. The third-order valence-electron chi connectivity index (χ3n) is 6.24. The minimum absolute atomic E-state index is 0.0500. The van der Waals surface area contributed by atoms with Crippen LogP contribution in [0.4, 0.5) is 15.9 Å². The first kappa shape index (κ1) is 23.2. The summed E-state index contributed by atoms with van der Waals surface area (Å²) in [7, 11) is 0. The summed E-state index contributed by atoms with van der Waals surface area (Å²) in [5.74, 6) is -0.314. The Morgan fingerprint density at radius 3 is 2.42 bits per heavy atom. The molecule has 1 aliphatic rings. The second-order valence-corrected chi connectivity index (χ2v) is 8.58. The molecule has 0 atom stereocenters. The van der Waals surface area contributed by atoms with E-state index in [0.29, 0.717) is 48.8 Å². The van der Waals surface area contributed by atoms with Gasteiger partial charge in [-0.2, -0.15) is 0 Å². The Balaban J connectivity index is 1.28. The minimum Gasteiger partial charge on any atom is -0.384 e. The molecule has 2 aromatic carbocycles. The fraction of sp³-hybridized carbons (Fsp3) is 0.185. The number of pyridine rings is 2. The van der Waals surface area contributed by atoms with E-state index in [1.54, 1.807) is 47.5 Å². The molecule has 8 nitrogen and oxygen atoms in total. The van der Waals surface area contributed by atoms with Gasteiger partial charge in [0.2, 0.25) is 5.91 Å². The lowest BCUT2D eigenvalue weighted by molar-refractivity contribution is -0.130. The number of hydrogen-bond acceptors (Lipinski definition) is 6. The summed E-state index contributed by atoms with van der Waals surface area (Å²) in [4.78, 5) is 37.7. The van der Waals surface area contributed by atoms with Crippen molar-refractivity contribution in [3.63, 3.8) is 0 Å². The van der Waals surface area contributed by atoms with Crippen LogP contribution in [0.25, 0.3) is 22.2 Å². The third-order valence-corrected chi connectivity index (χ3v) is 6.24. The summed E-state index contributed by atoms with van der Waals surface area (Å²) >= 11 is 0. The van der Waals surface area contributed by atoms with Gasteiger partial charge in [-0.1, -0.05) is 18.2 Å². The highest BCUT2D eigenvalue weighted by Gasteiger charge is 2.23. The Hall–Kier alpha value is -4.53. The normalized spacial score (nSPS) is 13.6. The molecule has 0 saturated carbocycles. The maximum Gasteiger partial charge on any atom is 0.251 e. The fourth-order valence-corrected chi connectivity index (χ4v) is 4.33. The van der Waals surface area contributed by atoms with Crippen molar-refractivity contribution >= 4 is 34.2 Å². The van der Waals surface area contributed by atoms with Crippen molar-refractivity contribution in [2.45, 2.75) is 0 Å². The van der Waals surface area contributed by atoms with Gasteiger partial charge >= 0.3 is 0 Å². The van der Waals surface area contributed by atoms with Crippen molar-refractivity contribution in [1.82, 2.24) is 20.2 Å². The molecule has 9 heteroatoms. The van der Waals surface area contributed by atoms with Crippen LogP contribution in [-0.4, -0.2) is 59.4 Å². The number of rotatable bonds is 5. The fourth-order valence-electron chi connectivity index (χ4n) is 4.33.